The predicted octanol–water partition coefficient (Wildman–Crippen LogP) is 2.63. The van der Waals surface area contributed by atoms with Crippen LogP contribution in [0, 0.1) is 5.82 Å². The van der Waals surface area contributed by atoms with Gasteiger partial charge in [0, 0.05) is 5.56 Å². The third-order valence-corrected chi connectivity index (χ3v) is 1.84. The highest BCUT2D eigenvalue weighted by Gasteiger charge is 2.32. The number of hydrogen-bond acceptors (Lipinski definition) is 2. The monoisotopic (exact) mass is 221 g/mol. The zero-order chi connectivity index (χ0) is 11.8. The van der Waals surface area contributed by atoms with E-state index >= 15 is 0 Å². The highest BCUT2D eigenvalue weighted by molar-refractivity contribution is 5.99. The van der Waals surface area contributed by atoms with Crippen LogP contribution in [0.1, 0.15) is 22.8 Å². The quantitative estimate of drug-likeness (QED) is 0.450. The maximum atomic E-state index is 13.0. The molecule has 1 rings (SSSR count). The van der Waals surface area contributed by atoms with E-state index in [1.807, 2.05) is 0 Å². The fourth-order valence-corrected chi connectivity index (χ4v) is 1.07. The van der Waals surface area contributed by atoms with E-state index < -0.39 is 34.6 Å². The zero-order valence-corrected chi connectivity index (χ0v) is 7.65. The number of alkyl halides is 3. The number of halogens is 4. The third kappa shape index (κ3) is 2.26. The third-order valence-electron chi connectivity index (χ3n) is 1.84. The number of ketones is 1. The van der Waals surface area contributed by atoms with Gasteiger partial charge in [0.2, 0.25) is 0 Å². The molecule has 0 aliphatic carbocycles. The van der Waals surface area contributed by atoms with Crippen molar-refractivity contribution in [1.29, 1.82) is 0 Å². The first-order valence-electron chi connectivity index (χ1n) is 3.90. The maximum Gasteiger partial charge on any atom is 0.416 e. The second-order valence-electron chi connectivity index (χ2n) is 2.97. The van der Waals surface area contributed by atoms with Gasteiger partial charge in [0.05, 0.1) is 11.3 Å². The average molecular weight is 221 g/mol. The Morgan fingerprint density at radius 2 is 1.87 bits per heavy atom. The SMILES string of the molecule is CC(=O)c1cc(C(F)(F)F)cc(F)c1N. The van der Waals surface area contributed by atoms with E-state index in [9.17, 15) is 22.4 Å². The van der Waals surface area contributed by atoms with Crippen molar-refractivity contribution >= 4 is 11.5 Å². The van der Waals surface area contributed by atoms with E-state index in [-0.39, 0.29) is 6.07 Å². The molecule has 0 saturated heterocycles. The lowest BCUT2D eigenvalue weighted by Crippen LogP contribution is -2.10. The van der Waals surface area contributed by atoms with Crippen molar-refractivity contribution in [3.8, 4) is 0 Å². The molecule has 2 N–H and O–H groups in total. The van der Waals surface area contributed by atoms with Crippen LogP contribution in [-0.2, 0) is 6.18 Å². The molecule has 0 unspecified atom stereocenters. The van der Waals surface area contributed by atoms with Crippen LogP contribution in [0.2, 0.25) is 0 Å². The van der Waals surface area contributed by atoms with E-state index in [1.165, 1.54) is 0 Å². The summed E-state index contributed by atoms with van der Waals surface area (Å²) in [7, 11) is 0. The molecule has 6 heteroatoms. The van der Waals surface area contributed by atoms with Crippen molar-refractivity contribution < 1.29 is 22.4 Å². The first kappa shape index (κ1) is 11.5. The van der Waals surface area contributed by atoms with Gasteiger partial charge in [-0.05, 0) is 19.1 Å². The Morgan fingerprint density at radius 1 is 1.33 bits per heavy atom. The highest BCUT2D eigenvalue weighted by atomic mass is 19.4. The summed E-state index contributed by atoms with van der Waals surface area (Å²) in [6, 6.07) is 0.808. The van der Waals surface area contributed by atoms with Gasteiger partial charge >= 0.3 is 6.18 Å². The molecule has 0 radical (unpaired) electrons. The molecule has 0 fully saturated rings. The Hall–Kier alpha value is -1.59. The molecular formula is C9H7F4NO. The van der Waals surface area contributed by atoms with Gasteiger partial charge in [-0.2, -0.15) is 13.2 Å². The molecule has 0 spiro atoms. The minimum atomic E-state index is -4.70. The van der Waals surface area contributed by atoms with E-state index in [4.69, 9.17) is 5.73 Å². The van der Waals surface area contributed by atoms with Gasteiger partial charge in [-0.3, -0.25) is 4.79 Å². The fourth-order valence-electron chi connectivity index (χ4n) is 1.07. The molecule has 2 nitrogen and oxygen atoms in total. The first-order chi connectivity index (χ1) is 6.73. The number of carbonyl (C=O) groups is 1. The van der Waals surface area contributed by atoms with Crippen molar-refractivity contribution in [2.45, 2.75) is 13.1 Å². The molecule has 0 aliphatic rings. The van der Waals surface area contributed by atoms with E-state index in [2.05, 4.69) is 0 Å². The van der Waals surface area contributed by atoms with Crippen LogP contribution >= 0.6 is 0 Å². The van der Waals surface area contributed by atoms with Crippen molar-refractivity contribution in [3.05, 3.63) is 29.1 Å². The summed E-state index contributed by atoms with van der Waals surface area (Å²) >= 11 is 0. The Balaban J connectivity index is 3.43. The van der Waals surface area contributed by atoms with Gasteiger partial charge < -0.3 is 5.73 Å². The summed E-state index contributed by atoms with van der Waals surface area (Å²) in [5, 5.41) is 0. The molecule has 0 atom stereocenters. The molecule has 15 heavy (non-hydrogen) atoms. The number of benzene rings is 1. The standard InChI is InChI=1S/C9H7F4NO/c1-4(15)6-2-5(9(11,12)13)3-7(10)8(6)14/h2-3H,14H2,1H3. The number of carbonyl (C=O) groups excluding carboxylic acids is 1. The second-order valence-corrected chi connectivity index (χ2v) is 2.97. The number of nitrogens with two attached hydrogens (primary N) is 1. The van der Waals surface area contributed by atoms with Crippen LogP contribution in [0.4, 0.5) is 23.2 Å². The minimum absolute atomic E-state index is 0.266. The van der Waals surface area contributed by atoms with Gasteiger partial charge in [-0.25, -0.2) is 4.39 Å². The highest BCUT2D eigenvalue weighted by Crippen LogP contribution is 2.32. The second kappa shape index (κ2) is 3.52. The zero-order valence-electron chi connectivity index (χ0n) is 7.65. The van der Waals surface area contributed by atoms with Crippen LogP contribution in [0.25, 0.3) is 0 Å². The Labute approximate surface area is 82.7 Å². The molecule has 1 aromatic carbocycles. The van der Waals surface area contributed by atoms with E-state index in [0.29, 0.717) is 6.07 Å². The van der Waals surface area contributed by atoms with Gasteiger partial charge in [-0.1, -0.05) is 0 Å². The molecule has 0 aliphatic heterocycles. The van der Waals surface area contributed by atoms with Crippen molar-refractivity contribution in [1.82, 2.24) is 0 Å². The van der Waals surface area contributed by atoms with Gasteiger partial charge in [-0.15, -0.1) is 0 Å². The summed E-state index contributed by atoms with van der Waals surface area (Å²) in [6.07, 6.45) is -4.70. The number of Topliss-reactive ketones (excluding diaryl/α,β-unsaturated/α-hetero) is 1. The number of hydrogen-bond donors (Lipinski definition) is 1. The summed E-state index contributed by atoms with van der Waals surface area (Å²) in [6.45, 7) is 1.02. The van der Waals surface area contributed by atoms with Gasteiger partial charge in [0.1, 0.15) is 5.82 Å². The molecule has 0 heterocycles. The van der Waals surface area contributed by atoms with Crippen LogP contribution in [-0.4, -0.2) is 5.78 Å². The average Bonchev–Trinajstić information content (AvgIpc) is 2.06. The van der Waals surface area contributed by atoms with Gasteiger partial charge in [0.25, 0.3) is 0 Å². The number of rotatable bonds is 1. The molecule has 82 valence electrons. The summed E-state index contributed by atoms with van der Waals surface area (Å²) in [5.41, 5.74) is 2.89. The topological polar surface area (TPSA) is 43.1 Å². The van der Waals surface area contributed by atoms with Gasteiger partial charge in [0.15, 0.2) is 5.78 Å². The lowest BCUT2D eigenvalue weighted by molar-refractivity contribution is -0.137. The minimum Gasteiger partial charge on any atom is -0.396 e. The molecule has 0 amide bonds. The molecule has 0 bridgehead atoms. The summed E-state index contributed by atoms with van der Waals surface area (Å²) in [5.74, 6) is -1.95. The Kier molecular flexibility index (Phi) is 2.70. The summed E-state index contributed by atoms with van der Waals surface area (Å²) < 4.78 is 49.6. The van der Waals surface area contributed by atoms with E-state index in [1.54, 1.807) is 0 Å². The molecule has 1 aromatic rings. The lowest BCUT2D eigenvalue weighted by Gasteiger charge is -2.10. The molecule has 0 saturated carbocycles. The molecule has 0 aromatic heterocycles. The normalized spacial score (nSPS) is 11.5. The Bertz CT molecular complexity index is 411. The largest absolute Gasteiger partial charge is 0.416 e. The molecular weight excluding hydrogens is 214 g/mol. The van der Waals surface area contributed by atoms with Crippen LogP contribution in [0.5, 0.6) is 0 Å². The van der Waals surface area contributed by atoms with Crippen molar-refractivity contribution in [2.75, 3.05) is 5.73 Å². The fraction of sp³-hybridized carbons (Fsp3) is 0.222. The number of nitrogen functional groups attached to an aromatic ring is 1. The van der Waals surface area contributed by atoms with Crippen LogP contribution in [0.3, 0.4) is 0 Å². The lowest BCUT2D eigenvalue weighted by atomic mass is 10.0. The maximum absolute atomic E-state index is 13.0. The van der Waals surface area contributed by atoms with E-state index in [0.717, 1.165) is 6.92 Å². The van der Waals surface area contributed by atoms with Crippen molar-refractivity contribution in [3.63, 3.8) is 0 Å². The Morgan fingerprint density at radius 3 is 2.27 bits per heavy atom. The number of anilines is 1. The van der Waals surface area contributed by atoms with Crippen molar-refractivity contribution in [2.24, 2.45) is 0 Å². The first-order valence-corrected chi connectivity index (χ1v) is 3.90. The van der Waals surface area contributed by atoms with Crippen LogP contribution < -0.4 is 5.73 Å². The smallest absolute Gasteiger partial charge is 0.396 e. The summed E-state index contributed by atoms with van der Waals surface area (Å²) in [4.78, 5) is 10.9. The predicted molar refractivity (Wildman–Crippen MR) is 45.8 cm³/mol. The van der Waals surface area contributed by atoms with Crippen LogP contribution in [0.15, 0.2) is 12.1 Å².